The highest BCUT2D eigenvalue weighted by Gasteiger charge is 2.27. The van der Waals surface area contributed by atoms with E-state index in [0.29, 0.717) is 40.7 Å². The van der Waals surface area contributed by atoms with Gasteiger partial charge in [0.1, 0.15) is 6.67 Å². The fourth-order valence-corrected chi connectivity index (χ4v) is 3.34. The van der Waals surface area contributed by atoms with Crippen LogP contribution < -0.4 is 14.4 Å². The number of amides is 2. The van der Waals surface area contributed by atoms with Gasteiger partial charge >= 0.3 is 0 Å². The van der Waals surface area contributed by atoms with Crippen molar-refractivity contribution < 1.29 is 19.1 Å². The molecule has 2 aromatic carbocycles. The molecule has 0 radical (unpaired) electrons. The van der Waals surface area contributed by atoms with E-state index in [4.69, 9.17) is 21.1 Å². The molecular formula is C21H23ClN2O4. The van der Waals surface area contributed by atoms with E-state index < -0.39 is 0 Å². The average Bonchev–Trinajstić information content (AvgIpc) is 3.11. The Balaban J connectivity index is 1.98. The predicted molar refractivity (Wildman–Crippen MR) is 108 cm³/mol. The van der Waals surface area contributed by atoms with E-state index in [1.54, 1.807) is 41.2 Å². The summed E-state index contributed by atoms with van der Waals surface area (Å²) in [4.78, 5) is 28.7. The average molecular weight is 403 g/mol. The molecule has 6 nitrogen and oxygen atoms in total. The molecule has 2 amide bonds. The SMILES string of the molecule is COc1ccc(C(=O)N(CN2CCCC2=O)c2ccc(C)c(Cl)c2)cc1OC. The Morgan fingerprint density at radius 3 is 2.50 bits per heavy atom. The van der Waals surface area contributed by atoms with Crippen molar-refractivity contribution in [1.29, 1.82) is 0 Å². The first-order valence-electron chi connectivity index (χ1n) is 9.02. The second-order valence-electron chi connectivity index (χ2n) is 6.64. The predicted octanol–water partition coefficient (Wildman–Crippen LogP) is 3.89. The van der Waals surface area contributed by atoms with Crippen molar-refractivity contribution in [3.8, 4) is 11.5 Å². The summed E-state index contributed by atoms with van der Waals surface area (Å²) in [6, 6.07) is 10.4. The topological polar surface area (TPSA) is 59.1 Å². The molecule has 0 aliphatic carbocycles. The zero-order chi connectivity index (χ0) is 20.3. The van der Waals surface area contributed by atoms with Crippen LogP contribution in [-0.4, -0.2) is 44.1 Å². The maximum Gasteiger partial charge on any atom is 0.259 e. The third kappa shape index (κ3) is 4.07. The standard InChI is InChI=1S/C21H23ClN2O4/c1-14-6-8-16(12-17(14)22)24(13-23-10-4-5-20(23)25)21(26)15-7-9-18(27-2)19(11-15)28-3/h6-9,11-12H,4-5,10,13H2,1-3H3. The van der Waals surface area contributed by atoms with Gasteiger partial charge in [-0.15, -0.1) is 0 Å². The number of hydrogen-bond donors (Lipinski definition) is 0. The van der Waals surface area contributed by atoms with Gasteiger partial charge in [0, 0.05) is 29.2 Å². The zero-order valence-corrected chi connectivity index (χ0v) is 17.0. The van der Waals surface area contributed by atoms with E-state index in [1.165, 1.54) is 7.11 Å². The number of aryl methyl sites for hydroxylation is 1. The number of benzene rings is 2. The van der Waals surface area contributed by atoms with Crippen LogP contribution in [0.25, 0.3) is 0 Å². The Bertz CT molecular complexity index is 900. The molecule has 0 bridgehead atoms. The third-order valence-corrected chi connectivity index (χ3v) is 5.23. The van der Waals surface area contributed by atoms with Crippen LogP contribution in [0.2, 0.25) is 5.02 Å². The number of likely N-dealkylation sites (tertiary alicyclic amines) is 1. The normalized spacial score (nSPS) is 13.6. The van der Waals surface area contributed by atoms with Gasteiger partial charge in [0.25, 0.3) is 5.91 Å². The number of hydrogen-bond acceptors (Lipinski definition) is 4. The van der Waals surface area contributed by atoms with Crippen molar-refractivity contribution in [1.82, 2.24) is 4.90 Å². The molecule has 7 heteroatoms. The zero-order valence-electron chi connectivity index (χ0n) is 16.2. The number of methoxy groups -OCH3 is 2. The number of nitrogens with zero attached hydrogens (tertiary/aromatic N) is 2. The van der Waals surface area contributed by atoms with Gasteiger partial charge in [-0.3, -0.25) is 14.5 Å². The quantitative estimate of drug-likeness (QED) is 0.735. The summed E-state index contributed by atoms with van der Waals surface area (Å²) >= 11 is 6.29. The van der Waals surface area contributed by atoms with Crippen LogP contribution in [0, 0.1) is 6.92 Å². The molecule has 0 N–H and O–H groups in total. The number of carbonyl (C=O) groups is 2. The summed E-state index contributed by atoms with van der Waals surface area (Å²) in [7, 11) is 3.06. The lowest BCUT2D eigenvalue weighted by Gasteiger charge is -2.28. The van der Waals surface area contributed by atoms with Crippen LogP contribution >= 0.6 is 11.6 Å². The highest BCUT2D eigenvalue weighted by Crippen LogP contribution is 2.30. The number of carbonyl (C=O) groups excluding carboxylic acids is 2. The largest absolute Gasteiger partial charge is 0.493 e. The summed E-state index contributed by atoms with van der Waals surface area (Å²) in [6.45, 7) is 2.70. The molecule has 3 rings (SSSR count). The van der Waals surface area contributed by atoms with Crippen molar-refractivity contribution in [3.05, 3.63) is 52.5 Å². The number of halogens is 1. The molecule has 0 atom stereocenters. The minimum atomic E-state index is -0.249. The van der Waals surface area contributed by atoms with E-state index in [1.807, 2.05) is 19.1 Å². The summed E-state index contributed by atoms with van der Waals surface area (Å²) in [5.41, 5.74) is 1.98. The Morgan fingerprint density at radius 1 is 1.14 bits per heavy atom. The van der Waals surface area contributed by atoms with Crippen LogP contribution in [-0.2, 0) is 4.79 Å². The van der Waals surface area contributed by atoms with Gasteiger partial charge in [-0.25, -0.2) is 0 Å². The van der Waals surface area contributed by atoms with Gasteiger partial charge in [0.15, 0.2) is 11.5 Å². The first kappa shape index (κ1) is 20.0. The van der Waals surface area contributed by atoms with Crippen LogP contribution in [0.4, 0.5) is 5.69 Å². The molecule has 0 saturated carbocycles. The van der Waals surface area contributed by atoms with Gasteiger partial charge in [0.2, 0.25) is 5.91 Å². The Hall–Kier alpha value is -2.73. The molecule has 28 heavy (non-hydrogen) atoms. The van der Waals surface area contributed by atoms with Crippen LogP contribution in [0.5, 0.6) is 11.5 Å². The second kappa shape index (κ2) is 8.52. The Labute approximate surface area is 169 Å². The molecule has 1 fully saturated rings. The van der Waals surface area contributed by atoms with Crippen LogP contribution in [0.15, 0.2) is 36.4 Å². The van der Waals surface area contributed by atoms with Crippen molar-refractivity contribution in [2.24, 2.45) is 0 Å². The summed E-state index contributed by atoms with van der Waals surface area (Å²) < 4.78 is 10.6. The lowest BCUT2D eigenvalue weighted by atomic mass is 10.1. The highest BCUT2D eigenvalue weighted by atomic mass is 35.5. The Kier molecular flexibility index (Phi) is 6.09. The maximum absolute atomic E-state index is 13.4. The van der Waals surface area contributed by atoms with Gasteiger partial charge in [0.05, 0.1) is 14.2 Å². The maximum atomic E-state index is 13.4. The molecule has 1 aliphatic heterocycles. The molecule has 2 aromatic rings. The highest BCUT2D eigenvalue weighted by molar-refractivity contribution is 6.31. The second-order valence-corrected chi connectivity index (χ2v) is 7.05. The fourth-order valence-electron chi connectivity index (χ4n) is 3.16. The monoisotopic (exact) mass is 402 g/mol. The minimum absolute atomic E-state index is 0.0447. The number of anilines is 1. The van der Waals surface area contributed by atoms with Crippen LogP contribution in [0.3, 0.4) is 0 Å². The third-order valence-electron chi connectivity index (χ3n) is 4.83. The van der Waals surface area contributed by atoms with Crippen molar-refractivity contribution in [3.63, 3.8) is 0 Å². The van der Waals surface area contributed by atoms with Crippen molar-refractivity contribution >= 4 is 29.1 Å². The molecule has 0 spiro atoms. The fraction of sp³-hybridized carbons (Fsp3) is 0.333. The van der Waals surface area contributed by atoms with Crippen molar-refractivity contribution in [2.45, 2.75) is 19.8 Å². The molecular weight excluding hydrogens is 380 g/mol. The molecule has 1 aliphatic rings. The number of rotatable bonds is 6. The first-order chi connectivity index (χ1) is 13.4. The van der Waals surface area contributed by atoms with E-state index in [0.717, 1.165) is 12.0 Å². The molecule has 0 aromatic heterocycles. The molecule has 1 heterocycles. The van der Waals surface area contributed by atoms with Gasteiger partial charge < -0.3 is 14.4 Å². The van der Waals surface area contributed by atoms with Gasteiger partial charge in [-0.05, 0) is 49.2 Å². The molecule has 148 valence electrons. The minimum Gasteiger partial charge on any atom is -0.493 e. The smallest absolute Gasteiger partial charge is 0.259 e. The molecule has 1 saturated heterocycles. The number of ether oxygens (including phenoxy) is 2. The molecule has 0 unspecified atom stereocenters. The lowest BCUT2D eigenvalue weighted by molar-refractivity contribution is -0.127. The van der Waals surface area contributed by atoms with Gasteiger partial charge in [-0.1, -0.05) is 17.7 Å². The summed E-state index contributed by atoms with van der Waals surface area (Å²) in [5.74, 6) is 0.801. The van der Waals surface area contributed by atoms with Crippen LogP contribution in [0.1, 0.15) is 28.8 Å². The Morgan fingerprint density at radius 2 is 1.89 bits per heavy atom. The van der Waals surface area contributed by atoms with E-state index >= 15 is 0 Å². The van der Waals surface area contributed by atoms with Crippen molar-refractivity contribution in [2.75, 3.05) is 32.3 Å². The summed E-state index contributed by atoms with van der Waals surface area (Å²) in [5, 5.41) is 0.565. The lowest BCUT2D eigenvalue weighted by Crippen LogP contribution is -2.42. The first-order valence-corrected chi connectivity index (χ1v) is 9.40. The van der Waals surface area contributed by atoms with E-state index in [2.05, 4.69) is 0 Å². The van der Waals surface area contributed by atoms with E-state index in [-0.39, 0.29) is 18.5 Å². The summed E-state index contributed by atoms with van der Waals surface area (Å²) in [6.07, 6.45) is 1.30. The van der Waals surface area contributed by atoms with Gasteiger partial charge in [-0.2, -0.15) is 0 Å². The van der Waals surface area contributed by atoms with E-state index in [9.17, 15) is 9.59 Å².